The number of aryl methyl sites for hydroxylation is 2. The Bertz CT molecular complexity index is 1310. The highest BCUT2D eigenvalue weighted by Crippen LogP contribution is 2.40. The summed E-state index contributed by atoms with van der Waals surface area (Å²) in [5.41, 5.74) is 6.22. The Hall–Kier alpha value is -3.42. The van der Waals surface area contributed by atoms with Crippen molar-refractivity contribution in [1.29, 1.82) is 0 Å². The first-order chi connectivity index (χ1) is 15.1. The number of carbonyl (C=O) groups is 1. The summed E-state index contributed by atoms with van der Waals surface area (Å²) < 4.78 is 6.08. The van der Waals surface area contributed by atoms with Crippen molar-refractivity contribution in [3.8, 4) is 22.5 Å². The molecule has 8 nitrogen and oxygen atoms in total. The molecule has 1 amide bonds. The minimum absolute atomic E-state index is 0.545. The molecule has 6 rings (SSSR count). The Kier molecular flexibility index (Phi) is 4.03. The van der Waals surface area contributed by atoms with Gasteiger partial charge in [0.1, 0.15) is 11.5 Å². The Morgan fingerprint density at radius 3 is 2.68 bits per heavy atom. The van der Waals surface area contributed by atoms with E-state index < -0.39 is 0 Å². The number of imidazole rings is 1. The largest absolute Gasteiger partial charge is 0.338 e. The van der Waals surface area contributed by atoms with Crippen LogP contribution >= 0.6 is 0 Å². The lowest BCUT2D eigenvalue weighted by Gasteiger charge is -2.30. The molecule has 158 valence electrons. The molecule has 0 spiro atoms. The third-order valence-electron chi connectivity index (χ3n) is 6.79. The third kappa shape index (κ3) is 2.81. The molecule has 8 heteroatoms. The minimum atomic E-state index is 0.545. The molecule has 4 heterocycles. The number of carbonyl (C=O) groups excluding carboxylic acids is 1. The van der Waals surface area contributed by atoms with Gasteiger partial charge in [0.2, 0.25) is 6.41 Å². The van der Waals surface area contributed by atoms with E-state index in [0.717, 1.165) is 58.6 Å². The predicted octanol–water partition coefficient (Wildman–Crippen LogP) is 3.08. The molecule has 1 fully saturated rings. The normalized spacial score (nSPS) is 16.5. The van der Waals surface area contributed by atoms with Crippen LogP contribution in [-0.4, -0.2) is 47.0 Å². The summed E-state index contributed by atoms with van der Waals surface area (Å²) in [6, 6.07) is 6.44. The second kappa shape index (κ2) is 6.80. The lowest BCUT2D eigenvalue weighted by molar-refractivity contribution is -0.119. The van der Waals surface area contributed by atoms with Gasteiger partial charge in [-0.25, -0.2) is 4.98 Å². The van der Waals surface area contributed by atoms with Crippen molar-refractivity contribution in [3.05, 3.63) is 42.1 Å². The van der Waals surface area contributed by atoms with Crippen LogP contribution in [0.5, 0.6) is 0 Å². The van der Waals surface area contributed by atoms with E-state index in [1.165, 1.54) is 25.1 Å². The van der Waals surface area contributed by atoms with Gasteiger partial charge in [-0.15, -0.1) is 0 Å². The minimum Gasteiger partial charge on any atom is -0.338 e. The monoisotopic (exact) mass is 415 g/mol. The lowest BCUT2D eigenvalue weighted by atomic mass is 9.85. The van der Waals surface area contributed by atoms with Crippen molar-refractivity contribution in [2.24, 2.45) is 14.1 Å². The SMILES string of the molecule is Cn1cc(-c2nn(C)c3ccc(-c4nc(C5CCC5)n5c4CN(C=O)CC5)cc23)cn1. The molecule has 3 aromatic heterocycles. The second-order valence-corrected chi connectivity index (χ2v) is 8.73. The molecule has 0 atom stereocenters. The number of rotatable bonds is 4. The van der Waals surface area contributed by atoms with Gasteiger partial charge in [-0.3, -0.25) is 14.2 Å². The second-order valence-electron chi connectivity index (χ2n) is 8.73. The Labute approximate surface area is 180 Å². The van der Waals surface area contributed by atoms with Crippen molar-refractivity contribution < 1.29 is 4.79 Å². The molecule has 4 aromatic rings. The van der Waals surface area contributed by atoms with E-state index in [2.05, 4.69) is 27.9 Å². The van der Waals surface area contributed by atoms with Crippen molar-refractivity contribution in [3.63, 3.8) is 0 Å². The molecular weight excluding hydrogens is 390 g/mol. The summed E-state index contributed by atoms with van der Waals surface area (Å²) in [6.45, 7) is 2.18. The molecule has 0 unspecified atom stereocenters. The van der Waals surface area contributed by atoms with Crippen LogP contribution in [0.3, 0.4) is 0 Å². The average Bonchev–Trinajstić information content (AvgIpc) is 3.42. The van der Waals surface area contributed by atoms with Crippen molar-refractivity contribution in [2.75, 3.05) is 6.54 Å². The van der Waals surface area contributed by atoms with Crippen LogP contribution in [0.25, 0.3) is 33.4 Å². The van der Waals surface area contributed by atoms with Crippen LogP contribution in [0.4, 0.5) is 0 Å². The van der Waals surface area contributed by atoms with Gasteiger partial charge >= 0.3 is 0 Å². The maximum atomic E-state index is 11.5. The maximum absolute atomic E-state index is 11.5. The molecule has 0 saturated heterocycles. The molecule has 1 saturated carbocycles. The summed E-state index contributed by atoms with van der Waals surface area (Å²) in [5.74, 6) is 1.74. The van der Waals surface area contributed by atoms with E-state index in [1.54, 1.807) is 4.68 Å². The predicted molar refractivity (Wildman–Crippen MR) is 117 cm³/mol. The Balaban J connectivity index is 1.52. The first-order valence-electron chi connectivity index (χ1n) is 10.9. The van der Waals surface area contributed by atoms with Crippen LogP contribution in [-0.2, 0) is 32.0 Å². The number of fused-ring (bicyclic) bond motifs is 2. The number of amides is 1. The summed E-state index contributed by atoms with van der Waals surface area (Å²) in [4.78, 5) is 18.5. The third-order valence-corrected chi connectivity index (χ3v) is 6.79. The topological polar surface area (TPSA) is 73.8 Å². The van der Waals surface area contributed by atoms with Gasteiger partial charge in [0.25, 0.3) is 0 Å². The zero-order valence-electron chi connectivity index (χ0n) is 17.8. The molecule has 0 N–H and O–H groups in total. The highest BCUT2D eigenvalue weighted by atomic mass is 16.1. The van der Waals surface area contributed by atoms with E-state index in [-0.39, 0.29) is 0 Å². The summed E-state index contributed by atoms with van der Waals surface area (Å²) >= 11 is 0. The fourth-order valence-electron chi connectivity index (χ4n) is 4.88. The fraction of sp³-hybridized carbons (Fsp3) is 0.391. The molecule has 1 aliphatic carbocycles. The number of hydrogen-bond donors (Lipinski definition) is 0. The van der Waals surface area contributed by atoms with Crippen LogP contribution in [0.15, 0.2) is 30.6 Å². The van der Waals surface area contributed by atoms with Crippen LogP contribution in [0.2, 0.25) is 0 Å². The number of nitrogens with zero attached hydrogens (tertiary/aromatic N) is 7. The highest BCUT2D eigenvalue weighted by molar-refractivity contribution is 5.95. The van der Waals surface area contributed by atoms with Gasteiger partial charge < -0.3 is 9.47 Å². The molecular formula is C23H25N7O. The van der Waals surface area contributed by atoms with Gasteiger partial charge in [-0.05, 0) is 25.0 Å². The first kappa shape index (κ1) is 18.4. The van der Waals surface area contributed by atoms with Crippen LogP contribution in [0.1, 0.15) is 36.7 Å². The lowest BCUT2D eigenvalue weighted by Crippen LogP contribution is -2.33. The zero-order valence-corrected chi connectivity index (χ0v) is 17.8. The average molecular weight is 416 g/mol. The van der Waals surface area contributed by atoms with E-state index in [9.17, 15) is 4.79 Å². The number of aromatic nitrogens is 6. The first-order valence-corrected chi connectivity index (χ1v) is 10.9. The number of benzene rings is 1. The number of hydrogen-bond acceptors (Lipinski definition) is 4. The molecule has 2 aliphatic rings. The Morgan fingerprint density at radius 2 is 1.97 bits per heavy atom. The van der Waals surface area contributed by atoms with Crippen molar-refractivity contribution in [2.45, 2.75) is 38.3 Å². The van der Waals surface area contributed by atoms with Gasteiger partial charge in [-0.2, -0.15) is 10.2 Å². The Morgan fingerprint density at radius 1 is 1.10 bits per heavy atom. The van der Waals surface area contributed by atoms with Crippen LogP contribution < -0.4 is 0 Å². The van der Waals surface area contributed by atoms with Gasteiger partial charge in [-0.1, -0.05) is 12.5 Å². The standard InChI is InChI=1S/C23H25N7O/c1-27-12-17(11-24-27)21-18-10-16(6-7-19(18)28(2)26-21)22-20-13-29(14-31)8-9-30(20)23(25-22)15-4-3-5-15/h6-7,10-12,14-15H,3-5,8-9,13H2,1-2H3. The van der Waals surface area contributed by atoms with E-state index in [4.69, 9.17) is 10.1 Å². The molecule has 0 radical (unpaired) electrons. The van der Waals surface area contributed by atoms with Crippen LogP contribution in [0, 0.1) is 0 Å². The smallest absolute Gasteiger partial charge is 0.210 e. The molecule has 1 aromatic carbocycles. The van der Waals surface area contributed by atoms with E-state index in [0.29, 0.717) is 12.5 Å². The summed E-state index contributed by atoms with van der Waals surface area (Å²) in [5, 5.41) is 10.2. The summed E-state index contributed by atoms with van der Waals surface area (Å²) in [6.07, 6.45) is 8.49. The zero-order chi connectivity index (χ0) is 21.1. The van der Waals surface area contributed by atoms with E-state index in [1.807, 2.05) is 36.1 Å². The molecule has 1 aliphatic heterocycles. The fourth-order valence-corrected chi connectivity index (χ4v) is 4.88. The quantitative estimate of drug-likeness (QED) is 0.480. The maximum Gasteiger partial charge on any atom is 0.210 e. The van der Waals surface area contributed by atoms with Gasteiger partial charge in [0, 0.05) is 55.8 Å². The van der Waals surface area contributed by atoms with Crippen molar-refractivity contribution in [1.82, 2.24) is 34.0 Å². The molecule has 0 bridgehead atoms. The van der Waals surface area contributed by atoms with Crippen molar-refractivity contribution >= 4 is 17.3 Å². The van der Waals surface area contributed by atoms with E-state index >= 15 is 0 Å². The summed E-state index contributed by atoms with van der Waals surface area (Å²) in [7, 11) is 3.88. The molecule has 31 heavy (non-hydrogen) atoms. The van der Waals surface area contributed by atoms with Gasteiger partial charge in [0.05, 0.1) is 29.6 Å². The highest BCUT2D eigenvalue weighted by Gasteiger charge is 2.31. The van der Waals surface area contributed by atoms with Gasteiger partial charge in [0.15, 0.2) is 0 Å².